The molecule has 9 heavy (non-hydrogen) atoms. The predicted octanol–water partition coefficient (Wildman–Crippen LogP) is 1.70. The summed E-state index contributed by atoms with van der Waals surface area (Å²) in [7, 11) is 0. The third-order valence-electron chi connectivity index (χ3n) is 0.964. The minimum atomic E-state index is 0.705. The van der Waals surface area contributed by atoms with Crippen molar-refractivity contribution in [2.75, 3.05) is 6.61 Å². The van der Waals surface area contributed by atoms with E-state index < -0.39 is 0 Å². The Bertz CT molecular complexity index is 71.3. The molecule has 0 bridgehead atoms. The highest BCUT2D eigenvalue weighted by Gasteiger charge is 1.91. The van der Waals surface area contributed by atoms with Crippen molar-refractivity contribution in [3.05, 3.63) is 12.8 Å². The van der Waals surface area contributed by atoms with E-state index in [2.05, 4.69) is 25.9 Å². The molecule has 0 amide bonds. The highest BCUT2D eigenvalue weighted by molar-refractivity contribution is 4.53. The second-order valence-corrected chi connectivity index (χ2v) is 2.35. The zero-order chi connectivity index (χ0) is 7.11. The molecule has 2 heteroatoms. The van der Waals surface area contributed by atoms with Gasteiger partial charge in [-0.15, -0.1) is 0 Å². The van der Waals surface area contributed by atoms with Crippen LogP contribution in [0.15, 0.2) is 12.8 Å². The van der Waals surface area contributed by atoms with Crippen molar-refractivity contribution < 1.29 is 4.84 Å². The fourth-order valence-electron chi connectivity index (χ4n) is 0.412. The maximum Gasteiger partial charge on any atom is 0.0748 e. The number of nitrogens with one attached hydrogen (secondary N) is 1. The highest BCUT2D eigenvalue weighted by atomic mass is 16.6. The van der Waals surface area contributed by atoms with Crippen LogP contribution in [0.25, 0.3) is 0 Å². The molecular formula is C7H15NO. The zero-order valence-corrected chi connectivity index (χ0v) is 6.18. The molecule has 0 rings (SSSR count). The Kier molecular flexibility index (Phi) is 5.32. The summed E-state index contributed by atoms with van der Waals surface area (Å²) in [6.07, 6.45) is 2.61. The quantitative estimate of drug-likeness (QED) is 0.450. The SMILES string of the molecule is C=CNOCCC(C)C. The molecule has 0 saturated carbocycles. The summed E-state index contributed by atoms with van der Waals surface area (Å²) < 4.78 is 0. The maximum atomic E-state index is 4.93. The van der Waals surface area contributed by atoms with Crippen molar-refractivity contribution in [2.45, 2.75) is 20.3 Å². The molecule has 0 aromatic heterocycles. The standard InChI is InChI=1S/C7H15NO/c1-4-8-9-6-5-7(2)3/h4,7-8H,1,5-6H2,2-3H3. The second kappa shape index (κ2) is 5.63. The van der Waals surface area contributed by atoms with Crippen molar-refractivity contribution in [2.24, 2.45) is 5.92 Å². The minimum absolute atomic E-state index is 0.705. The van der Waals surface area contributed by atoms with Gasteiger partial charge in [-0.3, -0.25) is 10.3 Å². The van der Waals surface area contributed by atoms with Gasteiger partial charge < -0.3 is 0 Å². The van der Waals surface area contributed by atoms with Crippen LogP contribution in [0, 0.1) is 5.92 Å². The molecular weight excluding hydrogens is 114 g/mol. The smallest absolute Gasteiger partial charge is 0.0748 e. The van der Waals surface area contributed by atoms with Gasteiger partial charge in [0.05, 0.1) is 6.61 Å². The average molecular weight is 129 g/mol. The zero-order valence-electron chi connectivity index (χ0n) is 6.18. The number of rotatable bonds is 5. The van der Waals surface area contributed by atoms with Crippen molar-refractivity contribution in [3.63, 3.8) is 0 Å². The van der Waals surface area contributed by atoms with Gasteiger partial charge in [0.1, 0.15) is 0 Å². The van der Waals surface area contributed by atoms with E-state index in [1.807, 2.05) is 0 Å². The summed E-state index contributed by atoms with van der Waals surface area (Å²) in [5, 5.41) is 0. The third kappa shape index (κ3) is 7.50. The van der Waals surface area contributed by atoms with Crippen LogP contribution < -0.4 is 5.48 Å². The Balaban J connectivity index is 2.82. The minimum Gasteiger partial charge on any atom is -0.277 e. The lowest BCUT2D eigenvalue weighted by molar-refractivity contribution is 0.0636. The van der Waals surface area contributed by atoms with Crippen LogP contribution in [0.2, 0.25) is 0 Å². The van der Waals surface area contributed by atoms with Crippen LogP contribution in [0.5, 0.6) is 0 Å². The lowest BCUT2D eigenvalue weighted by atomic mass is 10.1. The first-order valence-electron chi connectivity index (χ1n) is 3.25. The van der Waals surface area contributed by atoms with Crippen LogP contribution in [0.4, 0.5) is 0 Å². The molecule has 0 aromatic rings. The molecule has 0 radical (unpaired) electrons. The summed E-state index contributed by atoms with van der Waals surface area (Å²) in [5.41, 5.74) is 2.57. The van der Waals surface area contributed by atoms with Crippen LogP contribution >= 0.6 is 0 Å². The van der Waals surface area contributed by atoms with Crippen LogP contribution in [0.1, 0.15) is 20.3 Å². The van der Waals surface area contributed by atoms with E-state index in [-0.39, 0.29) is 0 Å². The first-order valence-corrected chi connectivity index (χ1v) is 3.25. The number of hydrogen-bond acceptors (Lipinski definition) is 2. The van der Waals surface area contributed by atoms with Gasteiger partial charge >= 0.3 is 0 Å². The molecule has 0 aliphatic heterocycles. The van der Waals surface area contributed by atoms with E-state index in [0.717, 1.165) is 13.0 Å². The van der Waals surface area contributed by atoms with Crippen molar-refractivity contribution in [1.29, 1.82) is 0 Å². The van der Waals surface area contributed by atoms with Gasteiger partial charge in [-0.1, -0.05) is 20.4 Å². The fraction of sp³-hybridized carbons (Fsp3) is 0.714. The Labute approximate surface area is 56.9 Å². The van der Waals surface area contributed by atoms with E-state index in [9.17, 15) is 0 Å². The summed E-state index contributed by atoms with van der Waals surface area (Å²) in [6.45, 7) is 8.52. The van der Waals surface area contributed by atoms with Crippen LogP contribution in [-0.2, 0) is 4.84 Å². The largest absolute Gasteiger partial charge is 0.277 e. The molecule has 0 aromatic carbocycles. The molecule has 0 aliphatic rings. The maximum absolute atomic E-state index is 4.93. The third-order valence-corrected chi connectivity index (χ3v) is 0.964. The molecule has 0 unspecified atom stereocenters. The molecule has 0 atom stereocenters. The molecule has 1 N–H and O–H groups in total. The molecule has 2 nitrogen and oxygen atoms in total. The van der Waals surface area contributed by atoms with Gasteiger partial charge in [-0.2, -0.15) is 0 Å². The Morgan fingerprint density at radius 1 is 1.67 bits per heavy atom. The molecule has 0 aliphatic carbocycles. The van der Waals surface area contributed by atoms with E-state index >= 15 is 0 Å². The topological polar surface area (TPSA) is 21.3 Å². The second-order valence-electron chi connectivity index (χ2n) is 2.35. The molecule has 0 heterocycles. The molecule has 0 spiro atoms. The fourth-order valence-corrected chi connectivity index (χ4v) is 0.412. The summed E-state index contributed by atoms with van der Waals surface area (Å²) >= 11 is 0. The van der Waals surface area contributed by atoms with Crippen molar-refractivity contribution in [1.82, 2.24) is 5.48 Å². The first-order chi connectivity index (χ1) is 4.27. The van der Waals surface area contributed by atoms with Gasteiger partial charge in [0.2, 0.25) is 0 Å². The highest BCUT2D eigenvalue weighted by Crippen LogP contribution is 1.97. The monoisotopic (exact) mass is 129 g/mol. The molecule has 0 fully saturated rings. The van der Waals surface area contributed by atoms with E-state index in [4.69, 9.17) is 4.84 Å². The number of hydroxylamine groups is 1. The molecule has 0 saturated heterocycles. The normalized spacial score (nSPS) is 9.67. The average Bonchev–Trinajstić information content (AvgIpc) is 1.80. The Morgan fingerprint density at radius 3 is 2.78 bits per heavy atom. The summed E-state index contributed by atoms with van der Waals surface area (Å²) in [6, 6.07) is 0. The van der Waals surface area contributed by atoms with Crippen molar-refractivity contribution in [3.8, 4) is 0 Å². The van der Waals surface area contributed by atoms with Gasteiger partial charge in [0.25, 0.3) is 0 Å². The lowest BCUT2D eigenvalue weighted by Crippen LogP contribution is -2.08. The van der Waals surface area contributed by atoms with Crippen molar-refractivity contribution >= 4 is 0 Å². The summed E-state index contributed by atoms with van der Waals surface area (Å²) in [5.74, 6) is 0.705. The van der Waals surface area contributed by atoms with E-state index in [0.29, 0.717) is 5.92 Å². The van der Waals surface area contributed by atoms with Crippen LogP contribution in [0.3, 0.4) is 0 Å². The Morgan fingerprint density at radius 2 is 2.33 bits per heavy atom. The summed E-state index contributed by atoms with van der Waals surface area (Å²) in [4.78, 5) is 4.93. The van der Waals surface area contributed by atoms with Gasteiger partial charge in [0.15, 0.2) is 0 Å². The van der Waals surface area contributed by atoms with Gasteiger partial charge in [0, 0.05) is 6.20 Å². The van der Waals surface area contributed by atoms with Gasteiger partial charge in [-0.25, -0.2) is 0 Å². The molecule has 54 valence electrons. The van der Waals surface area contributed by atoms with E-state index in [1.165, 1.54) is 6.20 Å². The van der Waals surface area contributed by atoms with E-state index in [1.54, 1.807) is 0 Å². The predicted molar refractivity (Wildman–Crippen MR) is 38.7 cm³/mol. The first kappa shape index (κ1) is 8.50. The lowest BCUT2D eigenvalue weighted by Gasteiger charge is -2.03. The van der Waals surface area contributed by atoms with Crippen LogP contribution in [-0.4, -0.2) is 6.61 Å². The number of hydrogen-bond donors (Lipinski definition) is 1. The van der Waals surface area contributed by atoms with Gasteiger partial charge in [-0.05, 0) is 12.3 Å². The Hall–Kier alpha value is -0.500.